The third-order valence-electron chi connectivity index (χ3n) is 3.95. The zero-order chi connectivity index (χ0) is 17.2. The van der Waals surface area contributed by atoms with Gasteiger partial charge in [-0.05, 0) is 61.7 Å². The molecule has 2 aromatic carbocycles. The van der Waals surface area contributed by atoms with Crippen LogP contribution in [0.1, 0.15) is 25.3 Å². The summed E-state index contributed by atoms with van der Waals surface area (Å²) < 4.78 is 45.8. The molecule has 1 fully saturated rings. The first-order valence-corrected chi connectivity index (χ1v) is 9.44. The average Bonchev–Trinajstić information content (AvgIpc) is 3.40. The number of halogens is 1. The molecule has 0 saturated heterocycles. The van der Waals surface area contributed by atoms with Gasteiger partial charge in [-0.1, -0.05) is 12.1 Å². The summed E-state index contributed by atoms with van der Waals surface area (Å²) in [5, 5.41) is 0. The fourth-order valence-corrected chi connectivity index (χ4v) is 4.23. The van der Waals surface area contributed by atoms with E-state index in [0.29, 0.717) is 12.4 Å². The summed E-state index contributed by atoms with van der Waals surface area (Å²) in [6, 6.07) is 12.4. The molecule has 0 unspecified atom stereocenters. The van der Waals surface area contributed by atoms with Crippen molar-refractivity contribution in [2.24, 2.45) is 0 Å². The standard InChI is InChI=1S/C18H20FNO3S/c1-2-23-17-9-11-18(12-10-17)24(21,22)20(16-7-8-16)13-14-3-5-15(19)6-4-14/h3-6,9-12,16H,2,7-8,13H2,1H3. The van der Waals surface area contributed by atoms with Crippen molar-refractivity contribution in [3.05, 3.63) is 59.9 Å². The van der Waals surface area contributed by atoms with Crippen molar-refractivity contribution in [2.75, 3.05) is 6.61 Å². The van der Waals surface area contributed by atoms with Crippen molar-refractivity contribution in [2.45, 2.75) is 37.2 Å². The first-order valence-electron chi connectivity index (χ1n) is 8.00. The molecule has 128 valence electrons. The predicted octanol–water partition coefficient (Wildman–Crippen LogP) is 3.58. The van der Waals surface area contributed by atoms with Crippen LogP contribution in [0, 0.1) is 5.82 Å². The summed E-state index contributed by atoms with van der Waals surface area (Å²) >= 11 is 0. The molecule has 0 aliphatic heterocycles. The number of nitrogens with zero attached hydrogens (tertiary/aromatic N) is 1. The first kappa shape index (κ1) is 16.9. The number of sulfonamides is 1. The lowest BCUT2D eigenvalue weighted by Gasteiger charge is -2.22. The van der Waals surface area contributed by atoms with Crippen LogP contribution in [0.25, 0.3) is 0 Å². The van der Waals surface area contributed by atoms with Gasteiger partial charge in [0, 0.05) is 12.6 Å². The van der Waals surface area contributed by atoms with Gasteiger partial charge in [-0.25, -0.2) is 12.8 Å². The molecule has 0 bridgehead atoms. The molecule has 0 atom stereocenters. The smallest absolute Gasteiger partial charge is 0.243 e. The van der Waals surface area contributed by atoms with Crippen LogP contribution in [0.15, 0.2) is 53.4 Å². The number of hydrogen-bond donors (Lipinski definition) is 0. The largest absolute Gasteiger partial charge is 0.494 e. The van der Waals surface area contributed by atoms with Gasteiger partial charge in [0.1, 0.15) is 11.6 Å². The second-order valence-corrected chi connectivity index (χ2v) is 7.70. The minimum atomic E-state index is -3.59. The second-order valence-electron chi connectivity index (χ2n) is 5.81. The fraction of sp³-hybridized carbons (Fsp3) is 0.333. The molecule has 0 spiro atoms. The summed E-state index contributed by atoms with van der Waals surface area (Å²) in [4.78, 5) is 0.250. The molecule has 0 N–H and O–H groups in total. The van der Waals surface area contributed by atoms with Gasteiger partial charge in [0.2, 0.25) is 10.0 Å². The summed E-state index contributed by atoms with van der Waals surface area (Å²) in [5.41, 5.74) is 0.776. The Balaban J connectivity index is 1.85. The maximum absolute atomic E-state index is 13.1. The lowest BCUT2D eigenvalue weighted by Crippen LogP contribution is -2.32. The molecule has 0 heterocycles. The van der Waals surface area contributed by atoms with Crippen molar-refractivity contribution in [1.82, 2.24) is 4.31 Å². The molecule has 0 amide bonds. The highest BCUT2D eigenvalue weighted by Gasteiger charge is 2.38. The molecular weight excluding hydrogens is 329 g/mol. The van der Waals surface area contributed by atoms with Gasteiger partial charge in [0.15, 0.2) is 0 Å². The van der Waals surface area contributed by atoms with Crippen LogP contribution in [0.2, 0.25) is 0 Å². The van der Waals surface area contributed by atoms with E-state index < -0.39 is 10.0 Å². The van der Waals surface area contributed by atoms with Crippen LogP contribution in [0.3, 0.4) is 0 Å². The van der Waals surface area contributed by atoms with Crippen molar-refractivity contribution >= 4 is 10.0 Å². The van der Waals surface area contributed by atoms with Crippen LogP contribution in [0.4, 0.5) is 4.39 Å². The highest BCUT2D eigenvalue weighted by Crippen LogP contribution is 2.34. The first-order chi connectivity index (χ1) is 11.5. The van der Waals surface area contributed by atoms with E-state index in [4.69, 9.17) is 4.74 Å². The topological polar surface area (TPSA) is 46.6 Å². The third-order valence-corrected chi connectivity index (χ3v) is 5.86. The predicted molar refractivity (Wildman–Crippen MR) is 89.8 cm³/mol. The SMILES string of the molecule is CCOc1ccc(S(=O)(=O)N(Cc2ccc(F)cc2)C2CC2)cc1. The molecule has 1 aliphatic carbocycles. The number of benzene rings is 2. The number of hydrogen-bond acceptors (Lipinski definition) is 3. The Morgan fingerprint density at radius 3 is 2.25 bits per heavy atom. The van der Waals surface area contributed by atoms with Gasteiger partial charge in [-0.3, -0.25) is 0 Å². The van der Waals surface area contributed by atoms with E-state index in [0.717, 1.165) is 18.4 Å². The van der Waals surface area contributed by atoms with Crippen LogP contribution >= 0.6 is 0 Å². The van der Waals surface area contributed by atoms with Crippen LogP contribution in [-0.2, 0) is 16.6 Å². The molecule has 6 heteroatoms. The Bertz CT molecular complexity index is 784. The van der Waals surface area contributed by atoms with Crippen LogP contribution < -0.4 is 4.74 Å². The zero-order valence-corrected chi connectivity index (χ0v) is 14.3. The van der Waals surface area contributed by atoms with E-state index in [1.54, 1.807) is 36.4 Å². The second kappa shape index (κ2) is 6.91. The van der Waals surface area contributed by atoms with Crippen molar-refractivity contribution in [1.29, 1.82) is 0 Å². The van der Waals surface area contributed by atoms with Gasteiger partial charge in [-0.15, -0.1) is 0 Å². The normalized spacial score (nSPS) is 14.8. The van der Waals surface area contributed by atoms with Crippen molar-refractivity contribution in [3.8, 4) is 5.75 Å². The minimum absolute atomic E-state index is 0.0200. The quantitative estimate of drug-likeness (QED) is 0.768. The van der Waals surface area contributed by atoms with Gasteiger partial charge in [0.25, 0.3) is 0 Å². The van der Waals surface area contributed by atoms with Crippen LogP contribution in [-0.4, -0.2) is 25.4 Å². The maximum Gasteiger partial charge on any atom is 0.243 e. The molecule has 0 radical (unpaired) electrons. The highest BCUT2D eigenvalue weighted by molar-refractivity contribution is 7.89. The molecule has 1 aliphatic rings. The van der Waals surface area contributed by atoms with E-state index in [1.807, 2.05) is 6.92 Å². The maximum atomic E-state index is 13.1. The van der Waals surface area contributed by atoms with E-state index in [1.165, 1.54) is 16.4 Å². The Morgan fingerprint density at radius 1 is 1.08 bits per heavy atom. The Kier molecular flexibility index (Phi) is 4.87. The fourth-order valence-electron chi connectivity index (χ4n) is 2.55. The molecule has 24 heavy (non-hydrogen) atoms. The lowest BCUT2D eigenvalue weighted by molar-refractivity contribution is 0.340. The molecule has 0 aromatic heterocycles. The van der Waals surface area contributed by atoms with Gasteiger partial charge in [-0.2, -0.15) is 4.31 Å². The van der Waals surface area contributed by atoms with Gasteiger partial charge >= 0.3 is 0 Å². The summed E-state index contributed by atoms with van der Waals surface area (Å²) in [6.45, 7) is 2.66. The number of rotatable bonds is 7. The van der Waals surface area contributed by atoms with Gasteiger partial charge < -0.3 is 4.74 Å². The monoisotopic (exact) mass is 349 g/mol. The molecule has 3 rings (SSSR count). The van der Waals surface area contributed by atoms with Crippen molar-refractivity contribution < 1.29 is 17.5 Å². The Labute approximate surface area is 141 Å². The van der Waals surface area contributed by atoms with E-state index in [-0.39, 0.29) is 23.3 Å². The van der Waals surface area contributed by atoms with Crippen LogP contribution in [0.5, 0.6) is 5.75 Å². The Morgan fingerprint density at radius 2 is 1.71 bits per heavy atom. The molecule has 4 nitrogen and oxygen atoms in total. The summed E-state index contributed by atoms with van der Waals surface area (Å²) in [6.07, 6.45) is 1.72. The van der Waals surface area contributed by atoms with E-state index in [2.05, 4.69) is 0 Å². The molecule has 2 aromatic rings. The van der Waals surface area contributed by atoms with Crippen molar-refractivity contribution in [3.63, 3.8) is 0 Å². The zero-order valence-electron chi connectivity index (χ0n) is 13.5. The van der Waals surface area contributed by atoms with E-state index in [9.17, 15) is 12.8 Å². The average molecular weight is 349 g/mol. The number of ether oxygens (including phenoxy) is 1. The third kappa shape index (κ3) is 3.76. The highest BCUT2D eigenvalue weighted by atomic mass is 32.2. The summed E-state index contributed by atoms with van der Waals surface area (Å²) in [7, 11) is -3.59. The Hall–Kier alpha value is -1.92. The molecular formula is C18H20FNO3S. The molecule has 1 saturated carbocycles. The minimum Gasteiger partial charge on any atom is -0.494 e. The lowest BCUT2D eigenvalue weighted by atomic mass is 10.2. The van der Waals surface area contributed by atoms with E-state index >= 15 is 0 Å². The summed E-state index contributed by atoms with van der Waals surface area (Å²) in [5.74, 6) is 0.319. The van der Waals surface area contributed by atoms with Gasteiger partial charge in [0.05, 0.1) is 11.5 Å².